The van der Waals surface area contributed by atoms with Crippen LogP contribution in [0.15, 0.2) is 18.2 Å². The average Bonchev–Trinajstić information content (AvgIpc) is 2.93. The zero-order valence-corrected chi connectivity index (χ0v) is 12.2. The lowest BCUT2D eigenvalue weighted by atomic mass is 9.89. The van der Waals surface area contributed by atoms with Crippen LogP contribution < -0.4 is 16.0 Å². The molecule has 1 aliphatic carbocycles. The number of aryl methyl sites for hydroxylation is 2. The topological polar surface area (TPSA) is 70.2 Å². The number of hydrogen-bond acceptors (Lipinski definition) is 2. The van der Waals surface area contributed by atoms with Crippen LogP contribution in [0.2, 0.25) is 0 Å². The van der Waals surface area contributed by atoms with Gasteiger partial charge in [0.15, 0.2) is 0 Å². The molecule has 2 atom stereocenters. The summed E-state index contributed by atoms with van der Waals surface area (Å²) in [6.07, 6.45) is 4.81. The minimum Gasteiger partial charge on any atom is -0.348 e. The Morgan fingerprint density at radius 2 is 2.05 bits per heavy atom. The molecular weight excluding hydrogens is 266 g/mol. The normalized spacial score (nSPS) is 22.0. The first-order chi connectivity index (χ1) is 10.1. The van der Waals surface area contributed by atoms with Gasteiger partial charge in [0, 0.05) is 6.54 Å². The fourth-order valence-electron chi connectivity index (χ4n) is 3.03. The van der Waals surface area contributed by atoms with Crippen LogP contribution in [0.5, 0.6) is 0 Å². The van der Waals surface area contributed by atoms with Gasteiger partial charge in [0.2, 0.25) is 5.91 Å². The van der Waals surface area contributed by atoms with Gasteiger partial charge in [-0.2, -0.15) is 0 Å². The van der Waals surface area contributed by atoms with Crippen LogP contribution in [-0.2, 0) is 17.6 Å². The summed E-state index contributed by atoms with van der Waals surface area (Å²) < 4.78 is 0. The lowest BCUT2D eigenvalue weighted by molar-refractivity contribution is -0.123. The smallest absolute Gasteiger partial charge is 0.315 e. The maximum atomic E-state index is 12.1. The Bertz CT molecular complexity index is 571. The maximum absolute atomic E-state index is 12.1. The van der Waals surface area contributed by atoms with Crippen molar-refractivity contribution < 1.29 is 9.59 Å². The van der Waals surface area contributed by atoms with Crippen molar-refractivity contribution >= 4 is 11.9 Å². The standard InChI is InChI=1S/C16H21N3O2/c1-10(18-15(20)14-9-17-16(21)19-14)12-7-6-11-4-2-3-5-13(11)8-12/h6-8,10,14H,2-5,9H2,1H3,(H,18,20)(H2,17,19,21)/t10-,14+/m1/s1. The van der Waals surface area contributed by atoms with Gasteiger partial charge in [-0.25, -0.2) is 4.79 Å². The molecule has 2 aliphatic rings. The summed E-state index contributed by atoms with van der Waals surface area (Å²) in [5, 5.41) is 8.16. The fraction of sp³-hybridized carbons (Fsp3) is 0.500. The zero-order chi connectivity index (χ0) is 14.8. The SMILES string of the molecule is C[C@@H](NC(=O)[C@@H]1CNC(=O)N1)c1ccc2c(c1)CCCC2. The first-order valence-corrected chi connectivity index (χ1v) is 7.60. The Balaban J connectivity index is 1.66. The molecule has 0 saturated carbocycles. The molecule has 1 saturated heterocycles. The molecule has 1 aromatic rings. The number of fused-ring (bicyclic) bond motifs is 1. The molecule has 3 N–H and O–H groups in total. The van der Waals surface area contributed by atoms with E-state index in [-0.39, 0.29) is 18.0 Å². The van der Waals surface area contributed by atoms with Crippen molar-refractivity contribution in [2.45, 2.75) is 44.7 Å². The lowest BCUT2D eigenvalue weighted by Gasteiger charge is -2.21. The van der Waals surface area contributed by atoms with Crippen LogP contribution in [0.25, 0.3) is 0 Å². The highest BCUT2D eigenvalue weighted by molar-refractivity contribution is 5.90. The summed E-state index contributed by atoms with van der Waals surface area (Å²) in [5.74, 6) is -0.140. The van der Waals surface area contributed by atoms with E-state index < -0.39 is 6.04 Å². The molecule has 112 valence electrons. The second kappa shape index (κ2) is 5.76. The molecule has 0 spiro atoms. The predicted molar refractivity (Wildman–Crippen MR) is 80.0 cm³/mol. The number of benzene rings is 1. The van der Waals surface area contributed by atoms with Crippen molar-refractivity contribution in [2.75, 3.05) is 6.54 Å². The third kappa shape index (κ3) is 3.01. The van der Waals surface area contributed by atoms with E-state index in [0.717, 1.165) is 18.4 Å². The highest BCUT2D eigenvalue weighted by atomic mass is 16.2. The van der Waals surface area contributed by atoms with Crippen LogP contribution in [-0.4, -0.2) is 24.5 Å². The molecule has 3 rings (SSSR count). The van der Waals surface area contributed by atoms with Crippen molar-refractivity contribution in [3.05, 3.63) is 34.9 Å². The van der Waals surface area contributed by atoms with Crippen molar-refractivity contribution in [2.24, 2.45) is 0 Å². The first kappa shape index (κ1) is 13.9. The van der Waals surface area contributed by atoms with Gasteiger partial charge < -0.3 is 16.0 Å². The molecule has 1 aliphatic heterocycles. The molecule has 0 radical (unpaired) electrons. The third-order valence-electron chi connectivity index (χ3n) is 4.32. The first-order valence-electron chi connectivity index (χ1n) is 7.60. The summed E-state index contributed by atoms with van der Waals surface area (Å²) in [6, 6.07) is 5.69. The number of carbonyl (C=O) groups excluding carboxylic acids is 2. The van der Waals surface area contributed by atoms with Gasteiger partial charge in [-0.1, -0.05) is 18.2 Å². The van der Waals surface area contributed by atoms with Gasteiger partial charge in [-0.05, 0) is 49.3 Å². The molecule has 0 bridgehead atoms. The molecule has 0 aromatic heterocycles. The highest BCUT2D eigenvalue weighted by Gasteiger charge is 2.27. The number of nitrogens with one attached hydrogen (secondary N) is 3. The van der Waals surface area contributed by atoms with Crippen LogP contribution >= 0.6 is 0 Å². The Morgan fingerprint density at radius 1 is 1.29 bits per heavy atom. The minimum absolute atomic E-state index is 0.0535. The monoisotopic (exact) mass is 287 g/mol. The number of hydrogen-bond donors (Lipinski definition) is 3. The Morgan fingerprint density at radius 3 is 2.76 bits per heavy atom. The van der Waals surface area contributed by atoms with Crippen molar-refractivity contribution in [1.29, 1.82) is 0 Å². The van der Waals surface area contributed by atoms with Gasteiger partial charge in [-0.3, -0.25) is 4.79 Å². The van der Waals surface area contributed by atoms with E-state index >= 15 is 0 Å². The van der Waals surface area contributed by atoms with E-state index in [2.05, 4.69) is 34.1 Å². The zero-order valence-electron chi connectivity index (χ0n) is 12.2. The second-order valence-electron chi connectivity index (χ2n) is 5.87. The van der Waals surface area contributed by atoms with E-state index in [9.17, 15) is 9.59 Å². The van der Waals surface area contributed by atoms with Crippen LogP contribution in [0, 0.1) is 0 Å². The highest BCUT2D eigenvalue weighted by Crippen LogP contribution is 2.24. The van der Waals surface area contributed by atoms with E-state index in [1.807, 2.05) is 6.92 Å². The van der Waals surface area contributed by atoms with Crippen LogP contribution in [0.3, 0.4) is 0 Å². The molecule has 1 fully saturated rings. The molecule has 3 amide bonds. The Hall–Kier alpha value is -2.04. The van der Waals surface area contributed by atoms with Gasteiger partial charge in [0.05, 0.1) is 6.04 Å². The molecule has 5 nitrogen and oxygen atoms in total. The van der Waals surface area contributed by atoms with Gasteiger partial charge in [0.1, 0.15) is 6.04 Å². The molecule has 1 aromatic carbocycles. The Labute approximate surface area is 124 Å². The van der Waals surface area contributed by atoms with E-state index in [1.165, 1.54) is 24.0 Å². The summed E-state index contributed by atoms with van der Waals surface area (Å²) in [5.41, 5.74) is 3.98. The molecule has 1 heterocycles. The Kier molecular flexibility index (Phi) is 3.82. The fourth-order valence-corrected chi connectivity index (χ4v) is 3.03. The van der Waals surface area contributed by atoms with E-state index in [0.29, 0.717) is 6.54 Å². The average molecular weight is 287 g/mol. The molecular formula is C16H21N3O2. The van der Waals surface area contributed by atoms with Crippen LogP contribution in [0.4, 0.5) is 4.79 Å². The number of rotatable bonds is 3. The van der Waals surface area contributed by atoms with E-state index in [1.54, 1.807) is 0 Å². The molecule has 5 heteroatoms. The van der Waals surface area contributed by atoms with Crippen molar-refractivity contribution in [3.63, 3.8) is 0 Å². The molecule has 21 heavy (non-hydrogen) atoms. The van der Waals surface area contributed by atoms with E-state index in [4.69, 9.17) is 0 Å². The lowest BCUT2D eigenvalue weighted by Crippen LogP contribution is -2.43. The number of urea groups is 1. The summed E-state index contributed by atoms with van der Waals surface area (Å²) in [7, 11) is 0. The summed E-state index contributed by atoms with van der Waals surface area (Å²) in [6.45, 7) is 2.33. The quantitative estimate of drug-likeness (QED) is 0.787. The van der Waals surface area contributed by atoms with Crippen molar-refractivity contribution in [3.8, 4) is 0 Å². The van der Waals surface area contributed by atoms with Gasteiger partial charge in [0.25, 0.3) is 0 Å². The van der Waals surface area contributed by atoms with Gasteiger partial charge in [-0.15, -0.1) is 0 Å². The number of amides is 3. The minimum atomic E-state index is -0.474. The maximum Gasteiger partial charge on any atom is 0.315 e. The van der Waals surface area contributed by atoms with Gasteiger partial charge >= 0.3 is 6.03 Å². The second-order valence-corrected chi connectivity index (χ2v) is 5.87. The number of carbonyl (C=O) groups is 2. The van der Waals surface area contributed by atoms with Crippen LogP contribution in [0.1, 0.15) is 42.5 Å². The third-order valence-corrected chi connectivity index (χ3v) is 4.32. The summed E-state index contributed by atoms with van der Waals surface area (Å²) in [4.78, 5) is 23.2. The predicted octanol–water partition coefficient (Wildman–Crippen LogP) is 1.42. The largest absolute Gasteiger partial charge is 0.348 e. The summed E-state index contributed by atoms with van der Waals surface area (Å²) >= 11 is 0. The van der Waals surface area contributed by atoms with Crippen molar-refractivity contribution in [1.82, 2.24) is 16.0 Å². The molecule has 0 unspecified atom stereocenters.